The van der Waals surface area contributed by atoms with Gasteiger partial charge < -0.3 is 44.0 Å². The number of aliphatic hydroxyl groups is 2. The normalized spacial score (nSPS) is 29.3. The molecule has 5 aromatic rings. The SMILES string of the molecule is CC1(C)O[C@@H]2CC3C4C[C@H](F)C5=CC(=O)C=CC5(C)[C@@]4(F)[C@@H](O)CC3(C)[C@]2(C(=O)CO)O1.COc1ccc2cc(C(C)C(=O)O)ccc2c1.COc1ccc2cc(C(C)C(=O)OCN3CC(F)C(=O)NC3=O)ccc2c1.O=c1[nH]cc(F)c(=O)[nH]1. The highest BCUT2D eigenvalue weighted by Gasteiger charge is 2.80. The summed E-state index contributed by atoms with van der Waals surface area (Å²) in [5.74, 6) is -6.38. The number of benzene rings is 4. The molecule has 454 valence electrons. The van der Waals surface area contributed by atoms with Gasteiger partial charge in [-0.1, -0.05) is 61.5 Å². The minimum atomic E-state index is -2.24. The topological polar surface area (TPSA) is 290 Å². The molecule has 3 amide bonds. The molecule has 4 aliphatic carbocycles. The van der Waals surface area contributed by atoms with Crippen LogP contribution in [0.3, 0.4) is 0 Å². The van der Waals surface area contributed by atoms with Gasteiger partial charge >= 0.3 is 23.7 Å². The summed E-state index contributed by atoms with van der Waals surface area (Å²) in [6.07, 6.45) is -1.28. The van der Waals surface area contributed by atoms with Crippen molar-refractivity contribution in [2.75, 3.05) is 34.1 Å². The third-order valence-electron chi connectivity index (χ3n) is 17.4. The number of nitrogens with zero attached hydrogens (tertiary/aromatic N) is 1. The molecule has 7 unspecified atom stereocenters. The summed E-state index contributed by atoms with van der Waals surface area (Å²) in [5, 5.41) is 36.0. The first-order chi connectivity index (χ1) is 40.0. The largest absolute Gasteiger partial charge is 0.497 e. The van der Waals surface area contributed by atoms with E-state index in [4.69, 9.17) is 28.8 Å². The zero-order valence-corrected chi connectivity index (χ0v) is 47.7. The lowest BCUT2D eigenvalue weighted by Gasteiger charge is -2.63. The molecule has 2 aliphatic heterocycles. The Kier molecular flexibility index (Phi) is 17.9. The molecule has 20 nitrogen and oxygen atoms in total. The summed E-state index contributed by atoms with van der Waals surface area (Å²) < 4.78 is 85.7. The smallest absolute Gasteiger partial charge is 0.326 e. The fraction of sp³-hybridized carbons (Fsp3) is 0.443. The highest BCUT2D eigenvalue weighted by atomic mass is 19.2. The van der Waals surface area contributed by atoms with E-state index in [-0.39, 0.29) is 24.8 Å². The number of Topliss-reactive ketones (excluding diaryl/α,β-unsaturated/α-hetero) is 1. The number of urea groups is 1. The molecule has 0 bridgehead atoms. The van der Waals surface area contributed by atoms with Gasteiger partial charge in [-0.15, -0.1) is 0 Å². The van der Waals surface area contributed by atoms with Gasteiger partial charge in [0.1, 0.15) is 24.3 Å². The van der Waals surface area contributed by atoms with E-state index in [1.165, 1.54) is 19.1 Å². The van der Waals surface area contributed by atoms with E-state index in [1.807, 2.05) is 83.1 Å². The quantitative estimate of drug-likeness (QED) is 0.0609. The number of amides is 3. The first-order valence-corrected chi connectivity index (χ1v) is 27.2. The van der Waals surface area contributed by atoms with Gasteiger partial charge in [0.2, 0.25) is 5.82 Å². The fourth-order valence-corrected chi connectivity index (χ4v) is 12.9. The second-order valence-corrected chi connectivity index (χ2v) is 22.7. The first-order valence-electron chi connectivity index (χ1n) is 27.2. The van der Waals surface area contributed by atoms with Crippen molar-refractivity contribution in [2.45, 2.75) is 114 Å². The number of carbonyl (C=O) groups is 6. The van der Waals surface area contributed by atoms with E-state index < -0.39 is 149 Å². The van der Waals surface area contributed by atoms with E-state index in [0.717, 1.165) is 55.1 Å². The summed E-state index contributed by atoms with van der Waals surface area (Å²) in [6, 6.07) is 21.8. The second kappa shape index (κ2) is 24.1. The maximum absolute atomic E-state index is 17.1. The number of fused-ring (bicyclic) bond motifs is 9. The zero-order valence-electron chi connectivity index (χ0n) is 47.7. The summed E-state index contributed by atoms with van der Waals surface area (Å²) in [5.41, 5.74) is -6.44. The molecule has 0 spiro atoms. The molecule has 12 atom stereocenters. The van der Waals surface area contributed by atoms with Crippen LogP contribution in [0.5, 0.6) is 11.5 Å². The number of nitrogens with one attached hydrogen (secondary N) is 3. The summed E-state index contributed by atoms with van der Waals surface area (Å²) in [6.45, 7) is 8.38. The number of ketones is 2. The molecule has 6 aliphatic rings. The summed E-state index contributed by atoms with van der Waals surface area (Å²) in [4.78, 5) is 95.9. The van der Waals surface area contributed by atoms with Crippen molar-refractivity contribution in [3.8, 4) is 11.5 Å². The predicted molar refractivity (Wildman–Crippen MR) is 298 cm³/mol. The molecular formula is C61H66F4N4O16. The Hall–Kier alpha value is -8.06. The van der Waals surface area contributed by atoms with Crippen LogP contribution in [-0.4, -0.2) is 141 Å². The molecule has 24 heteroatoms. The van der Waals surface area contributed by atoms with Crippen molar-refractivity contribution < 1.29 is 85.3 Å². The Morgan fingerprint density at radius 3 is 1.94 bits per heavy atom. The van der Waals surface area contributed by atoms with E-state index in [0.29, 0.717) is 6.20 Å². The number of imide groups is 1. The van der Waals surface area contributed by atoms with Crippen molar-refractivity contribution in [3.63, 3.8) is 0 Å². The number of alkyl halides is 3. The molecule has 3 saturated carbocycles. The van der Waals surface area contributed by atoms with E-state index in [2.05, 4.69) is 0 Å². The Labute approximate surface area is 484 Å². The van der Waals surface area contributed by atoms with Gasteiger partial charge in [0, 0.05) is 22.9 Å². The lowest BCUT2D eigenvalue weighted by Crippen LogP contribution is -2.71. The number of aromatic nitrogens is 2. The highest BCUT2D eigenvalue weighted by Crippen LogP contribution is 2.72. The Balaban J connectivity index is 0.000000160. The molecule has 5 fully saturated rings. The molecular weight excluding hydrogens is 1120 g/mol. The minimum Gasteiger partial charge on any atom is -0.497 e. The molecule has 2 saturated heterocycles. The number of carbonyl (C=O) groups excluding carboxylic acids is 5. The highest BCUT2D eigenvalue weighted by molar-refractivity contribution is 6.01. The Bertz CT molecular complexity index is 3650. The third kappa shape index (κ3) is 11.8. The van der Waals surface area contributed by atoms with Gasteiger partial charge in [-0.2, -0.15) is 4.39 Å². The van der Waals surface area contributed by atoms with Gasteiger partial charge in [0.25, 0.3) is 11.5 Å². The lowest BCUT2D eigenvalue weighted by molar-refractivity contribution is -0.248. The molecule has 3 heterocycles. The van der Waals surface area contributed by atoms with Crippen LogP contribution in [0.15, 0.2) is 112 Å². The van der Waals surface area contributed by atoms with E-state index in [1.54, 1.807) is 53.8 Å². The average molecular weight is 1190 g/mol. The standard InChI is InChI=1S/C24H30F2O6.C19H19FN2O5.C14H14O3.C4H3FN2O2/c1-20(2)31-19-9-13-14-8-16(25)15-7-12(28)5-6-21(15,3)23(14,26)17(29)10-22(13,4)24(19,32-20)18(30)11-27;1-11(12-3-4-14-8-15(26-2)6-5-13(14)7-12)18(24)27-10-22-9-16(20)17(23)21-19(22)25;1-9(14(15)16)10-3-4-12-8-13(17-2)6-5-11(12)7-10;5-2-1-6-4(9)7-3(2)8/h5-7,13-14,16-17,19,27,29H,8-11H2,1-4H3;3-8,11,16H,9-10H2,1-2H3,(H,21,23,25);3-9H,1-2H3,(H,15,16);1H,(H2,6,7,8,9)/t13?,14?,16-,17-,19+,21?,22?,23-,24+;;;/m0.../s1. The Morgan fingerprint density at radius 1 is 0.812 bits per heavy atom. The first kappa shape index (κ1) is 63.0. The van der Waals surface area contributed by atoms with Crippen LogP contribution in [0.2, 0.25) is 0 Å². The molecule has 85 heavy (non-hydrogen) atoms. The van der Waals surface area contributed by atoms with Crippen molar-refractivity contribution in [2.24, 2.45) is 22.7 Å². The fourth-order valence-electron chi connectivity index (χ4n) is 12.9. The zero-order chi connectivity index (χ0) is 62.3. The minimum absolute atomic E-state index is 0.0550. The molecule has 11 rings (SSSR count). The molecule has 4 aromatic carbocycles. The Morgan fingerprint density at radius 2 is 1.39 bits per heavy atom. The average Bonchev–Trinajstić information content (AvgIpc) is 1.64. The van der Waals surface area contributed by atoms with Crippen molar-refractivity contribution in [1.82, 2.24) is 20.2 Å². The number of allylic oxidation sites excluding steroid dienone is 4. The summed E-state index contributed by atoms with van der Waals surface area (Å²) in [7, 11) is 3.22. The molecule has 6 N–H and O–H groups in total. The third-order valence-corrected chi connectivity index (χ3v) is 17.4. The number of carboxylic acids is 1. The number of esters is 1. The van der Waals surface area contributed by atoms with Crippen molar-refractivity contribution >= 4 is 57.0 Å². The van der Waals surface area contributed by atoms with Gasteiger partial charge in [-0.05, 0) is 134 Å². The van der Waals surface area contributed by atoms with Gasteiger partial charge in [-0.25, -0.2) is 22.8 Å². The van der Waals surface area contributed by atoms with Crippen molar-refractivity contribution in [3.05, 3.63) is 141 Å². The van der Waals surface area contributed by atoms with Crippen molar-refractivity contribution in [1.29, 1.82) is 0 Å². The van der Waals surface area contributed by atoms with Crippen LogP contribution < -0.4 is 26.0 Å². The maximum Gasteiger partial charge on any atom is 0.326 e. The number of halogens is 4. The van der Waals surface area contributed by atoms with Crippen LogP contribution in [0, 0.1) is 28.5 Å². The number of hydrogen-bond donors (Lipinski definition) is 6. The van der Waals surface area contributed by atoms with E-state index in [9.17, 15) is 57.4 Å². The van der Waals surface area contributed by atoms with Gasteiger partial charge in [0.15, 0.2) is 41.5 Å². The number of aliphatic hydroxyl groups excluding tert-OH is 2. The van der Waals surface area contributed by atoms with Crippen LogP contribution >= 0.6 is 0 Å². The number of carboxylic acid groups (broad SMARTS) is 1. The monoisotopic (exact) mass is 1190 g/mol. The number of aromatic amines is 2. The van der Waals surface area contributed by atoms with Crippen LogP contribution in [0.1, 0.15) is 83.8 Å². The number of rotatable bonds is 10. The molecule has 0 radical (unpaired) electrons. The van der Waals surface area contributed by atoms with E-state index >= 15 is 8.78 Å². The number of methoxy groups -OCH3 is 2. The predicted octanol–water partition coefficient (Wildman–Crippen LogP) is 6.95. The maximum atomic E-state index is 17.1. The number of ether oxygens (including phenoxy) is 5. The van der Waals surface area contributed by atoms with Crippen LogP contribution in [-0.2, 0) is 38.2 Å². The number of H-pyrrole nitrogens is 2. The van der Waals surface area contributed by atoms with Gasteiger partial charge in [-0.3, -0.25) is 44.0 Å². The number of aliphatic carboxylic acids is 1. The summed E-state index contributed by atoms with van der Waals surface area (Å²) >= 11 is 0. The molecule has 1 aromatic heterocycles. The van der Waals surface area contributed by atoms with Crippen LogP contribution in [0.4, 0.5) is 22.4 Å². The lowest BCUT2D eigenvalue weighted by atomic mass is 9.44. The number of hydrogen-bond acceptors (Lipinski definition) is 15. The second-order valence-electron chi connectivity index (χ2n) is 22.7. The van der Waals surface area contributed by atoms with Crippen LogP contribution in [0.25, 0.3) is 21.5 Å². The van der Waals surface area contributed by atoms with Gasteiger partial charge in [0.05, 0.1) is 44.8 Å².